The van der Waals surface area contributed by atoms with E-state index in [4.69, 9.17) is 4.74 Å². The molecule has 1 aromatic carbocycles. The molecule has 1 saturated heterocycles. The van der Waals surface area contributed by atoms with Gasteiger partial charge in [-0.15, -0.1) is 0 Å². The first-order valence-corrected chi connectivity index (χ1v) is 10.9. The van der Waals surface area contributed by atoms with E-state index in [1.807, 2.05) is 45.9 Å². The van der Waals surface area contributed by atoms with Crippen LogP contribution >= 0.6 is 0 Å². The molecule has 1 aliphatic rings. The minimum atomic E-state index is -0.271. The lowest BCUT2D eigenvalue weighted by Gasteiger charge is -2.37. The molecular formula is C25H34FN3O2. The Bertz CT molecular complexity index is 879. The molecule has 0 bridgehead atoms. The predicted molar refractivity (Wildman–Crippen MR) is 125 cm³/mol. The average molecular weight is 428 g/mol. The first kappa shape index (κ1) is 24.4. The van der Waals surface area contributed by atoms with E-state index in [0.717, 1.165) is 29.0 Å². The van der Waals surface area contributed by atoms with Gasteiger partial charge in [0.2, 0.25) is 0 Å². The van der Waals surface area contributed by atoms with Gasteiger partial charge in [0.1, 0.15) is 5.82 Å². The van der Waals surface area contributed by atoms with Crippen molar-refractivity contribution in [3.63, 3.8) is 0 Å². The number of benzene rings is 1. The number of amides is 1. The highest BCUT2D eigenvalue weighted by Crippen LogP contribution is 2.30. The number of ether oxygens (including phenoxy) is 1. The molecule has 5 nitrogen and oxygen atoms in total. The lowest BCUT2D eigenvalue weighted by atomic mass is 9.92. The molecule has 1 aliphatic heterocycles. The molecule has 0 aliphatic carbocycles. The summed E-state index contributed by atoms with van der Waals surface area (Å²) in [7, 11) is 0. The topological polar surface area (TPSA) is 45.1 Å². The summed E-state index contributed by atoms with van der Waals surface area (Å²) in [6.45, 7) is 12.7. The Morgan fingerprint density at radius 1 is 1.13 bits per heavy atom. The Labute approximate surface area is 185 Å². The molecule has 0 saturated carbocycles. The Balaban J connectivity index is 2.43. The van der Waals surface area contributed by atoms with E-state index in [1.165, 1.54) is 6.07 Å². The van der Waals surface area contributed by atoms with Gasteiger partial charge in [0.25, 0.3) is 0 Å². The fourth-order valence-corrected chi connectivity index (χ4v) is 3.70. The number of hydrogen-bond acceptors (Lipinski definition) is 4. The van der Waals surface area contributed by atoms with Crippen molar-refractivity contribution in [3.05, 3.63) is 65.3 Å². The summed E-state index contributed by atoms with van der Waals surface area (Å²) in [6.07, 6.45) is 6.36. The monoisotopic (exact) mass is 427 g/mol. The molecule has 0 aromatic heterocycles. The Kier molecular flexibility index (Phi) is 9.50. The number of rotatable bonds is 7. The van der Waals surface area contributed by atoms with Crippen LogP contribution in [0.15, 0.2) is 58.9 Å². The smallest absolute Gasteiger partial charge is 0.409 e. The third-order valence-electron chi connectivity index (χ3n) is 5.33. The number of piperazine rings is 1. The second-order valence-electron chi connectivity index (χ2n) is 7.32. The van der Waals surface area contributed by atoms with Crippen molar-refractivity contribution in [1.29, 1.82) is 0 Å². The predicted octanol–water partition coefficient (Wildman–Crippen LogP) is 5.66. The quantitative estimate of drug-likeness (QED) is 0.416. The van der Waals surface area contributed by atoms with Crippen LogP contribution in [0.5, 0.6) is 0 Å². The van der Waals surface area contributed by atoms with E-state index >= 15 is 0 Å². The maximum absolute atomic E-state index is 14.7. The molecule has 0 N–H and O–H groups in total. The van der Waals surface area contributed by atoms with Gasteiger partial charge in [-0.05, 0) is 45.8 Å². The summed E-state index contributed by atoms with van der Waals surface area (Å²) < 4.78 is 19.8. The van der Waals surface area contributed by atoms with Crippen LogP contribution < -0.4 is 0 Å². The van der Waals surface area contributed by atoms with Gasteiger partial charge in [-0.25, -0.2) is 9.18 Å². The van der Waals surface area contributed by atoms with Gasteiger partial charge in [-0.2, -0.15) is 0 Å². The van der Waals surface area contributed by atoms with Crippen LogP contribution in [0.25, 0.3) is 5.57 Å². The Hall–Kier alpha value is -2.89. The Morgan fingerprint density at radius 2 is 1.77 bits per heavy atom. The van der Waals surface area contributed by atoms with E-state index in [9.17, 15) is 9.18 Å². The van der Waals surface area contributed by atoms with Crippen LogP contribution in [0, 0.1) is 5.82 Å². The molecule has 0 spiro atoms. The second kappa shape index (κ2) is 12.1. The van der Waals surface area contributed by atoms with Crippen LogP contribution in [0.4, 0.5) is 9.18 Å². The fourth-order valence-electron chi connectivity index (χ4n) is 3.70. The number of nitrogens with zero attached hydrogens (tertiary/aromatic N) is 3. The van der Waals surface area contributed by atoms with E-state index in [2.05, 4.69) is 16.8 Å². The summed E-state index contributed by atoms with van der Waals surface area (Å²) in [5.74, 6) is -0.259. The summed E-state index contributed by atoms with van der Waals surface area (Å²) >= 11 is 0. The Morgan fingerprint density at radius 3 is 2.35 bits per heavy atom. The summed E-state index contributed by atoms with van der Waals surface area (Å²) in [6, 6.07) is 6.82. The van der Waals surface area contributed by atoms with Crippen LogP contribution in [0.3, 0.4) is 0 Å². The van der Waals surface area contributed by atoms with Crippen LogP contribution in [-0.4, -0.2) is 54.4 Å². The minimum absolute atomic E-state index is 0.259. The molecular weight excluding hydrogens is 393 g/mol. The number of carbonyl (C=O) groups is 1. The first-order valence-electron chi connectivity index (χ1n) is 10.9. The van der Waals surface area contributed by atoms with Crippen molar-refractivity contribution >= 4 is 17.4 Å². The van der Waals surface area contributed by atoms with Gasteiger partial charge < -0.3 is 14.5 Å². The van der Waals surface area contributed by atoms with E-state index < -0.39 is 0 Å². The number of aliphatic imine (C=N–C) groups is 1. The zero-order valence-electron chi connectivity index (χ0n) is 19.3. The van der Waals surface area contributed by atoms with Gasteiger partial charge in [-0.3, -0.25) is 4.99 Å². The van der Waals surface area contributed by atoms with E-state index in [1.54, 1.807) is 23.2 Å². The van der Waals surface area contributed by atoms with E-state index in [-0.39, 0.29) is 11.9 Å². The number of allylic oxidation sites excluding steroid dienone is 5. The SMILES string of the molecule is C\C=C(C(/C(C)=N/C=C/CC)=C(/C)N1CCN(C(=O)OCC)CC1)\c1ccccc1F. The highest BCUT2D eigenvalue weighted by Gasteiger charge is 2.25. The third kappa shape index (κ3) is 6.29. The lowest BCUT2D eigenvalue weighted by molar-refractivity contribution is 0.0868. The molecule has 6 heteroatoms. The molecule has 2 rings (SSSR count). The molecule has 1 amide bonds. The van der Waals surface area contributed by atoms with Gasteiger partial charge in [0, 0.05) is 54.9 Å². The van der Waals surface area contributed by atoms with Crippen LogP contribution in [0.2, 0.25) is 0 Å². The zero-order valence-corrected chi connectivity index (χ0v) is 19.3. The third-order valence-corrected chi connectivity index (χ3v) is 5.33. The molecule has 1 aromatic rings. The fraction of sp³-hybridized carbons (Fsp3) is 0.440. The number of halogens is 1. The molecule has 168 valence electrons. The first-order chi connectivity index (χ1) is 14.9. The highest BCUT2D eigenvalue weighted by molar-refractivity contribution is 6.12. The lowest BCUT2D eigenvalue weighted by Crippen LogP contribution is -2.48. The standard InChI is InChI=1S/C25H34FN3O2/c1-6-9-14-27-19(4)24(21(7-2)22-12-10-11-13-23(22)26)20(5)28-15-17-29(18-16-28)25(30)31-8-3/h7,9-14H,6,8,15-18H2,1-5H3/b14-9+,21-7-,24-20-,27-19+. The minimum Gasteiger partial charge on any atom is -0.450 e. The van der Waals surface area contributed by atoms with Crippen molar-refractivity contribution in [2.75, 3.05) is 32.8 Å². The molecule has 0 atom stereocenters. The summed E-state index contributed by atoms with van der Waals surface area (Å²) in [5.41, 5.74) is 4.13. The normalized spacial score (nSPS) is 16.6. The van der Waals surface area contributed by atoms with Crippen LogP contribution in [-0.2, 0) is 4.74 Å². The van der Waals surface area contributed by atoms with Crippen molar-refractivity contribution < 1.29 is 13.9 Å². The van der Waals surface area contributed by atoms with Crippen molar-refractivity contribution in [1.82, 2.24) is 9.80 Å². The van der Waals surface area contributed by atoms with Gasteiger partial charge in [-0.1, -0.05) is 37.3 Å². The largest absolute Gasteiger partial charge is 0.450 e. The molecule has 31 heavy (non-hydrogen) atoms. The van der Waals surface area contributed by atoms with Crippen molar-refractivity contribution in [2.24, 2.45) is 4.99 Å². The average Bonchev–Trinajstić information content (AvgIpc) is 2.78. The second-order valence-corrected chi connectivity index (χ2v) is 7.32. The summed E-state index contributed by atoms with van der Waals surface area (Å²) in [4.78, 5) is 20.6. The maximum atomic E-state index is 14.7. The van der Waals surface area contributed by atoms with Gasteiger partial charge >= 0.3 is 6.09 Å². The van der Waals surface area contributed by atoms with Gasteiger partial charge in [0.15, 0.2) is 0 Å². The number of hydrogen-bond donors (Lipinski definition) is 0. The van der Waals surface area contributed by atoms with Crippen LogP contribution in [0.1, 0.15) is 46.6 Å². The molecule has 0 radical (unpaired) electrons. The zero-order chi connectivity index (χ0) is 22.8. The van der Waals surface area contributed by atoms with Crippen molar-refractivity contribution in [3.8, 4) is 0 Å². The molecule has 1 heterocycles. The summed E-state index contributed by atoms with van der Waals surface area (Å²) in [5, 5.41) is 0. The highest BCUT2D eigenvalue weighted by atomic mass is 19.1. The van der Waals surface area contributed by atoms with Gasteiger partial charge in [0.05, 0.1) is 6.61 Å². The van der Waals surface area contributed by atoms with Crippen molar-refractivity contribution in [2.45, 2.75) is 41.0 Å². The molecule has 1 fully saturated rings. The van der Waals surface area contributed by atoms with E-state index in [0.29, 0.717) is 38.3 Å². The maximum Gasteiger partial charge on any atom is 0.409 e. The number of carbonyl (C=O) groups excluding carboxylic acids is 1. The molecule has 0 unspecified atom stereocenters.